The van der Waals surface area contributed by atoms with Gasteiger partial charge in [-0.05, 0) is 36.5 Å². The number of nitrogens with one attached hydrogen (secondary N) is 1. The highest BCUT2D eigenvalue weighted by Crippen LogP contribution is 2.27. The van der Waals surface area contributed by atoms with E-state index < -0.39 is 18.1 Å². The summed E-state index contributed by atoms with van der Waals surface area (Å²) in [7, 11) is 0. The van der Waals surface area contributed by atoms with Crippen molar-refractivity contribution >= 4 is 11.9 Å². The molecule has 170 valence electrons. The van der Waals surface area contributed by atoms with E-state index in [4.69, 9.17) is 19.7 Å². The molecule has 9 heteroatoms. The van der Waals surface area contributed by atoms with Crippen LogP contribution in [0.5, 0.6) is 5.75 Å². The molecule has 1 aliphatic rings. The molecule has 0 atom stereocenters. The van der Waals surface area contributed by atoms with Gasteiger partial charge in [0, 0.05) is 13.1 Å². The van der Waals surface area contributed by atoms with Gasteiger partial charge in [0.25, 0.3) is 0 Å². The van der Waals surface area contributed by atoms with Crippen LogP contribution in [0.3, 0.4) is 0 Å². The number of ether oxygens (including phenoxy) is 1. The minimum absolute atomic E-state index is 0.150. The van der Waals surface area contributed by atoms with Gasteiger partial charge in [0.05, 0.1) is 13.0 Å². The Bertz CT molecular complexity index is 646. The Morgan fingerprint density at radius 2 is 1.80 bits per heavy atom. The second-order valence-electron chi connectivity index (χ2n) is 7.27. The van der Waals surface area contributed by atoms with Crippen LogP contribution in [0.25, 0.3) is 0 Å². The van der Waals surface area contributed by atoms with Gasteiger partial charge in [-0.25, -0.2) is 4.79 Å². The topological polar surface area (TPSA) is 95.9 Å². The third kappa shape index (κ3) is 12.3. The molecule has 0 radical (unpaired) electrons. The Morgan fingerprint density at radius 3 is 2.40 bits per heavy atom. The van der Waals surface area contributed by atoms with Crippen molar-refractivity contribution in [2.45, 2.75) is 64.1 Å². The third-order valence-corrected chi connectivity index (χ3v) is 4.74. The van der Waals surface area contributed by atoms with Crippen LogP contribution in [-0.4, -0.2) is 41.5 Å². The number of rotatable bonds is 10. The number of aliphatic carboxylic acids is 2. The molecular formula is C21H30F3NO5. The van der Waals surface area contributed by atoms with Crippen LogP contribution in [0, 0.1) is 5.92 Å². The van der Waals surface area contributed by atoms with E-state index in [1.165, 1.54) is 38.5 Å². The number of benzene rings is 1. The molecule has 0 unspecified atom stereocenters. The first-order chi connectivity index (χ1) is 14.2. The number of carboxylic acids is 2. The molecule has 0 heterocycles. The van der Waals surface area contributed by atoms with Gasteiger partial charge in [-0.1, -0.05) is 44.2 Å². The molecule has 0 amide bonds. The largest absolute Gasteiger partial charge is 0.494 e. The summed E-state index contributed by atoms with van der Waals surface area (Å²) in [6.07, 6.45) is 4.51. The van der Waals surface area contributed by atoms with Gasteiger partial charge in [-0.2, -0.15) is 13.2 Å². The van der Waals surface area contributed by atoms with Crippen LogP contribution in [0.15, 0.2) is 24.3 Å². The third-order valence-electron chi connectivity index (χ3n) is 4.74. The molecule has 1 fully saturated rings. The Kier molecular flexibility index (Phi) is 11.9. The van der Waals surface area contributed by atoms with Gasteiger partial charge in [0.15, 0.2) is 0 Å². The van der Waals surface area contributed by atoms with Crippen LogP contribution in [0.2, 0.25) is 0 Å². The molecule has 1 saturated carbocycles. The zero-order chi connectivity index (χ0) is 22.4. The van der Waals surface area contributed by atoms with Crippen molar-refractivity contribution in [2.75, 3.05) is 13.2 Å². The predicted molar refractivity (Wildman–Crippen MR) is 105 cm³/mol. The SMILES string of the molecule is O=C(O)C(F)(F)F.O=C(O)CCNCc1cccc(OCCCC2CCCCC2)c1. The molecule has 0 spiro atoms. The molecule has 2 rings (SSSR count). The van der Waals surface area contributed by atoms with Gasteiger partial charge in [0.2, 0.25) is 0 Å². The van der Waals surface area contributed by atoms with Crippen molar-refractivity contribution in [3.05, 3.63) is 29.8 Å². The molecule has 1 aromatic carbocycles. The highest BCUT2D eigenvalue weighted by atomic mass is 19.4. The molecule has 0 saturated heterocycles. The highest BCUT2D eigenvalue weighted by Gasteiger charge is 2.38. The summed E-state index contributed by atoms with van der Waals surface area (Å²) in [5.74, 6) is -1.71. The summed E-state index contributed by atoms with van der Waals surface area (Å²) in [5, 5.41) is 18.9. The molecule has 3 N–H and O–H groups in total. The number of halogens is 3. The van der Waals surface area contributed by atoms with Crippen LogP contribution >= 0.6 is 0 Å². The number of carbonyl (C=O) groups is 2. The van der Waals surface area contributed by atoms with E-state index in [0.717, 1.165) is 30.3 Å². The van der Waals surface area contributed by atoms with Crippen LogP contribution in [-0.2, 0) is 16.1 Å². The van der Waals surface area contributed by atoms with Crippen LogP contribution in [0.4, 0.5) is 13.2 Å². The van der Waals surface area contributed by atoms with Gasteiger partial charge in [-0.15, -0.1) is 0 Å². The molecule has 30 heavy (non-hydrogen) atoms. The fraction of sp³-hybridized carbons (Fsp3) is 0.619. The van der Waals surface area contributed by atoms with Gasteiger partial charge in [0.1, 0.15) is 5.75 Å². The van der Waals surface area contributed by atoms with E-state index in [1.54, 1.807) is 0 Å². The molecule has 1 aromatic rings. The molecule has 0 bridgehead atoms. The van der Waals surface area contributed by atoms with Crippen molar-refractivity contribution < 1.29 is 37.7 Å². The second-order valence-corrected chi connectivity index (χ2v) is 7.27. The van der Waals surface area contributed by atoms with Gasteiger partial charge >= 0.3 is 18.1 Å². The van der Waals surface area contributed by atoms with Crippen LogP contribution in [0.1, 0.15) is 56.9 Å². The molecule has 6 nitrogen and oxygen atoms in total. The van der Waals surface area contributed by atoms with Crippen molar-refractivity contribution in [2.24, 2.45) is 5.92 Å². The lowest BCUT2D eigenvalue weighted by Crippen LogP contribution is -2.21. The summed E-state index contributed by atoms with van der Waals surface area (Å²) in [6, 6.07) is 8.04. The fourth-order valence-corrected chi connectivity index (χ4v) is 3.21. The summed E-state index contributed by atoms with van der Waals surface area (Å²) in [6.45, 7) is 1.95. The van der Waals surface area contributed by atoms with Crippen molar-refractivity contribution in [1.29, 1.82) is 0 Å². The number of carboxylic acid groups (broad SMARTS) is 2. The predicted octanol–water partition coefficient (Wildman–Crippen LogP) is 4.62. The molecule has 0 aromatic heterocycles. The summed E-state index contributed by atoms with van der Waals surface area (Å²) < 4.78 is 37.6. The average molecular weight is 433 g/mol. The van der Waals surface area contributed by atoms with Gasteiger partial charge in [-0.3, -0.25) is 4.79 Å². The maximum atomic E-state index is 10.6. The number of hydrogen-bond donors (Lipinski definition) is 3. The smallest absolute Gasteiger partial charge is 0.490 e. The van der Waals surface area contributed by atoms with E-state index in [2.05, 4.69) is 5.32 Å². The van der Waals surface area contributed by atoms with Crippen LogP contribution < -0.4 is 10.1 Å². The maximum Gasteiger partial charge on any atom is 0.490 e. The minimum atomic E-state index is -5.08. The monoisotopic (exact) mass is 433 g/mol. The second kappa shape index (κ2) is 13.8. The molecule has 1 aliphatic carbocycles. The number of hydrogen-bond acceptors (Lipinski definition) is 4. The summed E-state index contributed by atoms with van der Waals surface area (Å²) in [5.41, 5.74) is 1.13. The normalized spacial score (nSPS) is 14.5. The molecule has 0 aliphatic heterocycles. The Hall–Kier alpha value is -2.29. The first kappa shape index (κ1) is 25.7. The minimum Gasteiger partial charge on any atom is -0.494 e. The van der Waals surface area contributed by atoms with E-state index in [-0.39, 0.29) is 6.42 Å². The highest BCUT2D eigenvalue weighted by molar-refractivity contribution is 5.73. The Morgan fingerprint density at radius 1 is 1.13 bits per heavy atom. The van der Waals surface area contributed by atoms with Crippen molar-refractivity contribution in [1.82, 2.24) is 5.32 Å². The van der Waals surface area contributed by atoms with E-state index in [1.807, 2.05) is 24.3 Å². The zero-order valence-corrected chi connectivity index (χ0v) is 16.9. The summed E-state index contributed by atoms with van der Waals surface area (Å²) in [4.78, 5) is 19.4. The first-order valence-corrected chi connectivity index (χ1v) is 10.1. The Balaban J connectivity index is 0.000000553. The average Bonchev–Trinajstić information content (AvgIpc) is 2.69. The lowest BCUT2D eigenvalue weighted by Gasteiger charge is -2.21. The quantitative estimate of drug-likeness (QED) is 0.466. The van der Waals surface area contributed by atoms with Crippen molar-refractivity contribution in [3.63, 3.8) is 0 Å². The zero-order valence-electron chi connectivity index (χ0n) is 16.9. The van der Waals surface area contributed by atoms with E-state index in [0.29, 0.717) is 13.1 Å². The van der Waals surface area contributed by atoms with Gasteiger partial charge < -0.3 is 20.3 Å². The lowest BCUT2D eigenvalue weighted by atomic mass is 9.86. The maximum absolute atomic E-state index is 10.6. The Labute approximate surface area is 174 Å². The van der Waals surface area contributed by atoms with E-state index >= 15 is 0 Å². The number of alkyl halides is 3. The van der Waals surface area contributed by atoms with E-state index in [9.17, 15) is 18.0 Å². The van der Waals surface area contributed by atoms with Crippen molar-refractivity contribution in [3.8, 4) is 5.75 Å². The summed E-state index contributed by atoms with van der Waals surface area (Å²) >= 11 is 0. The fourth-order valence-electron chi connectivity index (χ4n) is 3.21. The lowest BCUT2D eigenvalue weighted by molar-refractivity contribution is -0.192. The first-order valence-electron chi connectivity index (χ1n) is 10.1. The molecular weight excluding hydrogens is 403 g/mol. The standard InChI is InChI=1S/C19H29NO3.C2HF3O2/c21-19(22)11-12-20-15-17-8-4-10-18(14-17)23-13-5-9-16-6-2-1-3-7-16;3-2(4,5)1(6)7/h4,8,10,14,16,20H,1-3,5-7,9,11-13,15H2,(H,21,22);(H,6,7).